The van der Waals surface area contributed by atoms with Gasteiger partial charge in [-0.1, -0.05) is 37.6 Å². The van der Waals surface area contributed by atoms with Crippen molar-refractivity contribution in [2.45, 2.75) is 79.4 Å². The Labute approximate surface area is 253 Å². The van der Waals surface area contributed by atoms with Crippen molar-refractivity contribution in [1.82, 2.24) is 15.1 Å². The molecule has 1 aromatic rings. The predicted molar refractivity (Wildman–Crippen MR) is 158 cm³/mol. The van der Waals surface area contributed by atoms with Gasteiger partial charge in [0.05, 0.1) is 29.5 Å². The summed E-state index contributed by atoms with van der Waals surface area (Å²) in [5.74, 6) is -2.62. The highest BCUT2D eigenvalue weighted by atomic mass is 35.5. The number of nitrogens with zero attached hydrogens (tertiary/aromatic N) is 2. The van der Waals surface area contributed by atoms with E-state index in [9.17, 15) is 24.0 Å². The quantitative estimate of drug-likeness (QED) is 0.470. The molecule has 1 heterocycles. The zero-order valence-electron chi connectivity index (χ0n) is 26.0. The lowest BCUT2D eigenvalue weighted by Crippen LogP contribution is -2.54. The number of carbonyl (C=O) groups excluding carboxylic acids is 5. The lowest BCUT2D eigenvalue weighted by Gasteiger charge is -2.40. The summed E-state index contributed by atoms with van der Waals surface area (Å²) in [6.45, 7) is 13.9. The second-order valence-corrected chi connectivity index (χ2v) is 13.4. The summed E-state index contributed by atoms with van der Waals surface area (Å²) in [4.78, 5) is 68.8. The first-order chi connectivity index (χ1) is 19.4. The van der Waals surface area contributed by atoms with Crippen LogP contribution in [0.25, 0.3) is 0 Å². The number of esters is 2. The summed E-state index contributed by atoms with van der Waals surface area (Å²) in [5, 5.41) is 3.11. The number of carbonyl (C=O) groups is 5. The molecular formula is C31H44ClN3O7. The van der Waals surface area contributed by atoms with Crippen LogP contribution >= 0.6 is 11.6 Å². The maximum atomic E-state index is 13.5. The number of methoxy groups -OCH3 is 1. The van der Waals surface area contributed by atoms with Crippen molar-refractivity contribution in [3.8, 4) is 0 Å². The van der Waals surface area contributed by atoms with Crippen LogP contribution in [0.15, 0.2) is 18.2 Å². The Kier molecular flexibility index (Phi) is 10.0. The van der Waals surface area contributed by atoms with E-state index >= 15 is 0 Å². The van der Waals surface area contributed by atoms with Gasteiger partial charge in [-0.05, 0) is 64.5 Å². The average Bonchev–Trinajstić information content (AvgIpc) is 3.15. The molecule has 2 fully saturated rings. The highest BCUT2D eigenvalue weighted by molar-refractivity contribution is 6.34. The summed E-state index contributed by atoms with van der Waals surface area (Å²) in [6.07, 6.45) is 0.593. The van der Waals surface area contributed by atoms with E-state index in [-0.39, 0.29) is 37.3 Å². The molecule has 1 saturated heterocycles. The maximum absolute atomic E-state index is 13.5. The number of benzene rings is 1. The van der Waals surface area contributed by atoms with Crippen LogP contribution in [0.5, 0.6) is 0 Å². The topological polar surface area (TPSA) is 122 Å². The van der Waals surface area contributed by atoms with Crippen molar-refractivity contribution in [2.75, 3.05) is 33.3 Å². The molecule has 3 amide bonds. The van der Waals surface area contributed by atoms with E-state index in [1.165, 1.54) is 7.11 Å². The van der Waals surface area contributed by atoms with Gasteiger partial charge in [-0.3, -0.25) is 19.2 Å². The number of hydrogen-bond donors (Lipinski definition) is 1. The third-order valence-electron chi connectivity index (χ3n) is 8.93. The van der Waals surface area contributed by atoms with Crippen molar-refractivity contribution < 1.29 is 33.4 Å². The molecule has 1 N–H and O–H groups in total. The minimum absolute atomic E-state index is 0.192. The van der Waals surface area contributed by atoms with Crippen LogP contribution in [0.2, 0.25) is 5.02 Å². The van der Waals surface area contributed by atoms with Gasteiger partial charge in [-0.25, -0.2) is 4.79 Å². The zero-order valence-corrected chi connectivity index (χ0v) is 26.7. The van der Waals surface area contributed by atoms with E-state index in [2.05, 4.69) is 5.32 Å². The molecule has 1 aliphatic heterocycles. The van der Waals surface area contributed by atoms with Gasteiger partial charge in [0, 0.05) is 32.1 Å². The van der Waals surface area contributed by atoms with Crippen molar-refractivity contribution >= 4 is 41.3 Å². The Hall–Kier alpha value is -3.14. The Morgan fingerprint density at radius 2 is 1.64 bits per heavy atom. The average molecular weight is 606 g/mol. The van der Waals surface area contributed by atoms with E-state index in [4.69, 9.17) is 21.1 Å². The molecule has 2 aliphatic rings. The zero-order chi connectivity index (χ0) is 31.6. The van der Waals surface area contributed by atoms with Crippen LogP contribution in [0.1, 0.15) is 76.7 Å². The molecular weight excluding hydrogens is 562 g/mol. The molecule has 0 spiro atoms. The maximum Gasteiger partial charge on any atom is 0.328 e. The largest absolute Gasteiger partial charge is 0.467 e. The van der Waals surface area contributed by atoms with E-state index in [1.807, 2.05) is 33.8 Å². The van der Waals surface area contributed by atoms with Crippen molar-refractivity contribution in [3.05, 3.63) is 34.3 Å². The van der Waals surface area contributed by atoms with Gasteiger partial charge in [0.1, 0.15) is 11.6 Å². The Bertz CT molecular complexity index is 1210. The van der Waals surface area contributed by atoms with Crippen LogP contribution in [-0.2, 0) is 28.7 Å². The van der Waals surface area contributed by atoms with Gasteiger partial charge in [0.25, 0.3) is 5.91 Å². The number of hydrogen-bond acceptors (Lipinski definition) is 7. The van der Waals surface area contributed by atoms with Gasteiger partial charge in [-0.2, -0.15) is 0 Å². The fraction of sp³-hybridized carbons (Fsp3) is 0.645. The van der Waals surface area contributed by atoms with Crippen LogP contribution in [-0.4, -0.2) is 84.4 Å². The second-order valence-electron chi connectivity index (χ2n) is 13.0. The lowest BCUT2D eigenvalue weighted by molar-refractivity contribution is -0.173. The van der Waals surface area contributed by atoms with Gasteiger partial charge in [-0.15, -0.1) is 0 Å². The molecule has 1 saturated carbocycles. The van der Waals surface area contributed by atoms with Crippen LogP contribution in [0.3, 0.4) is 0 Å². The van der Waals surface area contributed by atoms with Crippen molar-refractivity contribution in [1.29, 1.82) is 0 Å². The summed E-state index contributed by atoms with van der Waals surface area (Å²) < 4.78 is 10.6. The number of piperazine rings is 1. The molecule has 0 aromatic heterocycles. The number of amides is 3. The smallest absolute Gasteiger partial charge is 0.328 e. The third kappa shape index (κ3) is 6.90. The molecule has 11 heteroatoms. The SMILES string of the molecule is COC(=O)[C@H](CC(=O)N1CCN(C(=O)c2c(C)cccc2Cl)CC1)NC(=O)[C@H]1CC[C@@](C)(C(=O)OC(C)(C)C)C1(C)C. The molecule has 1 aliphatic carbocycles. The second kappa shape index (κ2) is 12.6. The normalized spacial score (nSPS) is 22.7. The number of aryl methyl sites for hydroxylation is 1. The minimum atomic E-state index is -1.19. The van der Waals surface area contributed by atoms with Gasteiger partial charge in [0.15, 0.2) is 0 Å². The highest BCUT2D eigenvalue weighted by Crippen LogP contribution is 2.57. The van der Waals surface area contributed by atoms with E-state index < -0.39 is 40.3 Å². The first kappa shape index (κ1) is 33.4. The summed E-state index contributed by atoms with van der Waals surface area (Å²) in [7, 11) is 1.20. The number of halogens is 1. The van der Waals surface area contributed by atoms with Gasteiger partial charge in [0.2, 0.25) is 11.8 Å². The molecule has 10 nitrogen and oxygen atoms in total. The Balaban J connectivity index is 1.64. The summed E-state index contributed by atoms with van der Waals surface area (Å²) in [6, 6.07) is 4.09. The predicted octanol–water partition coefficient (Wildman–Crippen LogP) is 3.76. The fourth-order valence-electron chi connectivity index (χ4n) is 5.85. The van der Waals surface area contributed by atoms with Crippen LogP contribution < -0.4 is 5.32 Å². The molecule has 0 unspecified atom stereocenters. The first-order valence-corrected chi connectivity index (χ1v) is 14.7. The summed E-state index contributed by atoms with van der Waals surface area (Å²) >= 11 is 6.27. The molecule has 0 radical (unpaired) electrons. The molecule has 232 valence electrons. The number of rotatable bonds is 7. The molecule has 42 heavy (non-hydrogen) atoms. The van der Waals surface area contributed by atoms with E-state index in [1.54, 1.807) is 42.7 Å². The fourth-order valence-corrected chi connectivity index (χ4v) is 6.15. The van der Waals surface area contributed by atoms with Gasteiger partial charge < -0.3 is 24.6 Å². The first-order valence-electron chi connectivity index (χ1n) is 14.4. The van der Waals surface area contributed by atoms with E-state index in [0.717, 1.165) is 5.56 Å². The Morgan fingerprint density at radius 3 is 2.19 bits per heavy atom. The molecule has 1 aromatic carbocycles. The summed E-state index contributed by atoms with van der Waals surface area (Å²) in [5.41, 5.74) is -1.12. The van der Waals surface area contributed by atoms with Crippen molar-refractivity contribution in [2.24, 2.45) is 16.7 Å². The lowest BCUT2D eigenvalue weighted by atomic mass is 9.65. The van der Waals surface area contributed by atoms with Gasteiger partial charge >= 0.3 is 11.9 Å². The Morgan fingerprint density at radius 1 is 1.05 bits per heavy atom. The van der Waals surface area contributed by atoms with Crippen LogP contribution in [0, 0.1) is 23.7 Å². The standard InChI is InChI=1S/C31H44ClN3O7/c1-19-10-9-11-21(32)24(19)26(38)35-16-14-34(15-17-35)23(36)18-22(27(39)41-8)33-25(37)20-12-13-31(7,30(20,5)6)28(40)42-29(2,3)4/h9-11,20,22H,12-18H2,1-8H3,(H,33,37)/t20-,22+,31+/m1/s1. The minimum Gasteiger partial charge on any atom is -0.467 e. The molecule has 3 atom stereocenters. The monoisotopic (exact) mass is 605 g/mol. The number of nitrogens with one attached hydrogen (secondary N) is 1. The third-order valence-corrected chi connectivity index (χ3v) is 9.24. The van der Waals surface area contributed by atoms with E-state index in [0.29, 0.717) is 36.5 Å². The number of ether oxygens (including phenoxy) is 2. The van der Waals surface area contributed by atoms with Crippen molar-refractivity contribution in [3.63, 3.8) is 0 Å². The molecule has 3 rings (SSSR count). The highest BCUT2D eigenvalue weighted by Gasteiger charge is 2.59. The molecule has 0 bridgehead atoms. The van der Waals surface area contributed by atoms with Crippen LogP contribution in [0.4, 0.5) is 0 Å².